The summed E-state index contributed by atoms with van der Waals surface area (Å²) in [6.45, 7) is 2.16. The van der Waals surface area contributed by atoms with Crippen molar-refractivity contribution in [2.45, 2.75) is 25.4 Å². The van der Waals surface area contributed by atoms with Crippen LogP contribution in [0, 0.1) is 0 Å². The number of carbonyl (C=O) groups is 1. The molecule has 1 saturated heterocycles. The van der Waals surface area contributed by atoms with Crippen LogP contribution in [0.3, 0.4) is 0 Å². The van der Waals surface area contributed by atoms with Crippen LogP contribution in [0.15, 0.2) is 18.2 Å². The highest BCUT2D eigenvalue weighted by molar-refractivity contribution is 6.33. The number of nitrogens with one attached hydrogen (secondary N) is 2. The van der Waals surface area contributed by atoms with E-state index in [1.54, 1.807) is 25.1 Å². The zero-order valence-electron chi connectivity index (χ0n) is 9.87. The van der Waals surface area contributed by atoms with Gasteiger partial charge in [0.05, 0.1) is 6.61 Å². The van der Waals surface area contributed by atoms with Crippen molar-refractivity contribution >= 4 is 29.2 Å². The Labute approximate surface area is 116 Å². The maximum absolute atomic E-state index is 11.6. The van der Waals surface area contributed by atoms with Crippen LogP contribution in [0.4, 0.5) is 0 Å². The average molecular weight is 289 g/mol. The molecule has 1 heterocycles. The van der Waals surface area contributed by atoms with Gasteiger partial charge in [0.15, 0.2) is 0 Å². The highest BCUT2D eigenvalue weighted by Crippen LogP contribution is 2.30. The quantitative estimate of drug-likeness (QED) is 0.839. The zero-order chi connectivity index (χ0) is 13.1. The van der Waals surface area contributed by atoms with E-state index in [2.05, 4.69) is 10.9 Å². The summed E-state index contributed by atoms with van der Waals surface area (Å²) in [4.78, 5) is 11.6. The molecule has 2 rings (SSSR count). The van der Waals surface area contributed by atoms with E-state index in [9.17, 15) is 4.79 Å². The van der Waals surface area contributed by atoms with Crippen molar-refractivity contribution < 1.29 is 9.53 Å². The number of rotatable bonds is 3. The third-order valence-corrected chi connectivity index (χ3v) is 3.39. The molecule has 0 aromatic heterocycles. The first-order valence-electron chi connectivity index (χ1n) is 5.74. The van der Waals surface area contributed by atoms with Crippen molar-refractivity contribution in [1.29, 1.82) is 0 Å². The first-order chi connectivity index (χ1) is 8.61. The van der Waals surface area contributed by atoms with Crippen molar-refractivity contribution in [1.82, 2.24) is 10.9 Å². The summed E-state index contributed by atoms with van der Waals surface area (Å²) in [7, 11) is 0. The molecule has 18 heavy (non-hydrogen) atoms. The van der Waals surface area contributed by atoms with Crippen molar-refractivity contribution in [3.63, 3.8) is 0 Å². The van der Waals surface area contributed by atoms with Crippen molar-refractivity contribution in [3.8, 4) is 0 Å². The van der Waals surface area contributed by atoms with Gasteiger partial charge in [0.2, 0.25) is 0 Å². The first kappa shape index (κ1) is 13.6. The fourth-order valence-electron chi connectivity index (χ4n) is 1.94. The Hall–Kier alpha value is -0.810. The van der Waals surface area contributed by atoms with Crippen LogP contribution in [-0.4, -0.2) is 18.6 Å². The molecule has 1 aromatic rings. The minimum absolute atomic E-state index is 0.0504. The van der Waals surface area contributed by atoms with E-state index >= 15 is 0 Å². The van der Waals surface area contributed by atoms with E-state index in [-0.39, 0.29) is 18.1 Å². The number of hydrazine groups is 1. The summed E-state index contributed by atoms with van der Waals surface area (Å²) in [5, 5.41) is 1.25. The molecule has 0 aliphatic carbocycles. The number of hydrogen-bond acceptors (Lipinski definition) is 4. The molecule has 0 radical (unpaired) electrons. The van der Waals surface area contributed by atoms with Gasteiger partial charge in [0.1, 0.15) is 6.04 Å². The van der Waals surface area contributed by atoms with E-state index in [0.29, 0.717) is 23.1 Å². The minimum Gasteiger partial charge on any atom is -0.465 e. The second kappa shape index (κ2) is 5.89. The number of halogens is 2. The van der Waals surface area contributed by atoms with Crippen molar-refractivity contribution in [2.24, 2.45) is 0 Å². The zero-order valence-corrected chi connectivity index (χ0v) is 11.4. The first-order valence-corrected chi connectivity index (χ1v) is 6.50. The lowest BCUT2D eigenvalue weighted by Gasteiger charge is -2.12. The predicted octanol–water partition coefficient (Wildman–Crippen LogP) is 2.46. The van der Waals surface area contributed by atoms with E-state index in [4.69, 9.17) is 27.9 Å². The van der Waals surface area contributed by atoms with Gasteiger partial charge in [-0.3, -0.25) is 4.79 Å². The SMILES string of the molecule is CCOC(=O)C1CC(c2cc(Cl)ccc2Cl)NN1. The summed E-state index contributed by atoms with van der Waals surface area (Å²) >= 11 is 12.1. The van der Waals surface area contributed by atoms with Crippen LogP contribution in [-0.2, 0) is 9.53 Å². The van der Waals surface area contributed by atoms with Crippen molar-refractivity contribution in [2.75, 3.05) is 6.61 Å². The van der Waals surface area contributed by atoms with Gasteiger partial charge in [-0.2, -0.15) is 0 Å². The van der Waals surface area contributed by atoms with E-state index in [1.807, 2.05) is 0 Å². The molecule has 0 saturated carbocycles. The lowest BCUT2D eigenvalue weighted by Crippen LogP contribution is -2.37. The minimum atomic E-state index is -0.356. The van der Waals surface area contributed by atoms with Crippen LogP contribution in [0.2, 0.25) is 10.0 Å². The van der Waals surface area contributed by atoms with Gasteiger partial charge in [-0.25, -0.2) is 10.9 Å². The second-order valence-corrected chi connectivity index (χ2v) is 4.89. The van der Waals surface area contributed by atoms with Gasteiger partial charge in [0.25, 0.3) is 0 Å². The van der Waals surface area contributed by atoms with E-state index in [1.165, 1.54) is 0 Å². The van der Waals surface area contributed by atoms with E-state index in [0.717, 1.165) is 5.56 Å². The molecule has 2 atom stereocenters. The molecule has 1 aliphatic heterocycles. The highest BCUT2D eigenvalue weighted by Gasteiger charge is 2.32. The van der Waals surface area contributed by atoms with Crippen LogP contribution >= 0.6 is 23.2 Å². The molecule has 1 aromatic carbocycles. The van der Waals surface area contributed by atoms with Gasteiger partial charge in [-0.1, -0.05) is 23.2 Å². The van der Waals surface area contributed by atoms with Crippen LogP contribution < -0.4 is 10.9 Å². The van der Waals surface area contributed by atoms with Gasteiger partial charge >= 0.3 is 5.97 Å². The largest absolute Gasteiger partial charge is 0.465 e. The predicted molar refractivity (Wildman–Crippen MR) is 70.5 cm³/mol. The number of esters is 1. The number of ether oxygens (including phenoxy) is 1. The average Bonchev–Trinajstić information content (AvgIpc) is 2.82. The third kappa shape index (κ3) is 2.95. The Morgan fingerprint density at radius 2 is 2.22 bits per heavy atom. The standard InChI is InChI=1S/C12H14Cl2N2O2/c1-2-18-12(17)11-6-10(15-16-11)8-5-7(13)3-4-9(8)14/h3-5,10-11,15-16H,2,6H2,1H3. The molecule has 0 amide bonds. The molecule has 0 bridgehead atoms. The molecule has 98 valence electrons. The number of hydrogen-bond donors (Lipinski definition) is 2. The summed E-state index contributed by atoms with van der Waals surface area (Å²) in [5.41, 5.74) is 6.82. The van der Waals surface area contributed by atoms with Crippen LogP contribution in [0.1, 0.15) is 24.9 Å². The Morgan fingerprint density at radius 1 is 1.44 bits per heavy atom. The van der Waals surface area contributed by atoms with Crippen LogP contribution in [0.25, 0.3) is 0 Å². The van der Waals surface area contributed by atoms with Gasteiger partial charge in [-0.05, 0) is 37.1 Å². The van der Waals surface area contributed by atoms with E-state index < -0.39 is 0 Å². The third-order valence-electron chi connectivity index (χ3n) is 2.81. The molecule has 1 fully saturated rings. The number of benzene rings is 1. The smallest absolute Gasteiger partial charge is 0.324 e. The molecule has 1 aliphatic rings. The molecular formula is C12H14Cl2N2O2. The maximum atomic E-state index is 11.6. The molecule has 2 unspecified atom stereocenters. The van der Waals surface area contributed by atoms with Gasteiger partial charge in [-0.15, -0.1) is 0 Å². The maximum Gasteiger partial charge on any atom is 0.324 e. The fraction of sp³-hybridized carbons (Fsp3) is 0.417. The van der Waals surface area contributed by atoms with Gasteiger partial charge < -0.3 is 4.74 Å². The van der Waals surface area contributed by atoms with Gasteiger partial charge in [0, 0.05) is 16.1 Å². The number of carbonyl (C=O) groups excluding carboxylic acids is 1. The summed E-state index contributed by atoms with van der Waals surface area (Å²) in [6, 6.07) is 4.88. The normalized spacial score (nSPS) is 23.1. The fourth-order valence-corrected chi connectivity index (χ4v) is 2.37. The van der Waals surface area contributed by atoms with Crippen molar-refractivity contribution in [3.05, 3.63) is 33.8 Å². The molecule has 4 nitrogen and oxygen atoms in total. The Kier molecular flexibility index (Phi) is 4.45. The topological polar surface area (TPSA) is 50.4 Å². The monoisotopic (exact) mass is 288 g/mol. The molecule has 0 spiro atoms. The lowest BCUT2D eigenvalue weighted by molar-refractivity contribution is -0.145. The highest BCUT2D eigenvalue weighted by atomic mass is 35.5. The second-order valence-electron chi connectivity index (χ2n) is 4.05. The Balaban J connectivity index is 2.08. The Morgan fingerprint density at radius 3 is 2.94 bits per heavy atom. The van der Waals surface area contributed by atoms with Crippen LogP contribution in [0.5, 0.6) is 0 Å². The molecule has 6 heteroatoms. The summed E-state index contributed by atoms with van der Waals surface area (Å²) in [5.74, 6) is -0.259. The molecule has 2 N–H and O–H groups in total. The summed E-state index contributed by atoms with van der Waals surface area (Å²) in [6.07, 6.45) is 0.582. The lowest BCUT2D eigenvalue weighted by atomic mass is 10.0. The molecular weight excluding hydrogens is 275 g/mol. The Bertz CT molecular complexity index is 454. The summed E-state index contributed by atoms with van der Waals surface area (Å²) < 4.78 is 4.96.